The van der Waals surface area contributed by atoms with E-state index in [0.29, 0.717) is 63.1 Å². The number of aromatic amines is 1. The van der Waals surface area contributed by atoms with E-state index in [4.69, 9.17) is 19.9 Å². The van der Waals surface area contributed by atoms with Crippen molar-refractivity contribution in [3.05, 3.63) is 132 Å². The van der Waals surface area contributed by atoms with Crippen LogP contribution < -0.4 is 16.4 Å². The highest BCUT2D eigenvalue weighted by Crippen LogP contribution is 2.30. The number of H-pyrrole nitrogens is 1. The van der Waals surface area contributed by atoms with Crippen molar-refractivity contribution in [3.63, 3.8) is 0 Å². The van der Waals surface area contributed by atoms with Crippen LogP contribution in [-0.4, -0.2) is 120 Å². The number of urea groups is 1. The number of carbonyl (C=O) groups is 4. The van der Waals surface area contributed by atoms with Gasteiger partial charge < -0.3 is 50.3 Å². The van der Waals surface area contributed by atoms with Gasteiger partial charge >= 0.3 is 6.03 Å². The highest BCUT2D eigenvalue weighted by Gasteiger charge is 2.38. The normalized spacial score (nSPS) is 19.2. The van der Waals surface area contributed by atoms with Crippen LogP contribution in [-0.2, 0) is 28.6 Å². The van der Waals surface area contributed by atoms with E-state index in [-0.39, 0.29) is 37.6 Å². The lowest BCUT2D eigenvalue weighted by Gasteiger charge is -2.37. The molecule has 3 aliphatic rings. The van der Waals surface area contributed by atoms with E-state index in [9.17, 15) is 19.2 Å². The highest BCUT2D eigenvalue weighted by molar-refractivity contribution is 5.99. The molecule has 0 unspecified atom stereocenters. The zero-order chi connectivity index (χ0) is 41.4. The Morgan fingerprint density at radius 1 is 0.667 bits per heavy atom. The van der Waals surface area contributed by atoms with Gasteiger partial charge in [0.05, 0.1) is 51.5 Å². The van der Waals surface area contributed by atoms with Crippen LogP contribution in [0.25, 0.3) is 22.4 Å². The zero-order valence-electron chi connectivity index (χ0n) is 33.1. The van der Waals surface area contributed by atoms with Crippen molar-refractivity contribution < 1.29 is 33.4 Å². The van der Waals surface area contributed by atoms with Gasteiger partial charge in [0.25, 0.3) is 5.91 Å². The molecule has 4 atom stereocenters. The van der Waals surface area contributed by atoms with Gasteiger partial charge in [0.1, 0.15) is 30.0 Å². The van der Waals surface area contributed by atoms with E-state index in [1.165, 1.54) is 4.90 Å². The van der Waals surface area contributed by atoms with Gasteiger partial charge in [0.15, 0.2) is 0 Å². The summed E-state index contributed by atoms with van der Waals surface area (Å²) in [5.74, 6) is -0.336. The van der Waals surface area contributed by atoms with Crippen molar-refractivity contribution in [1.29, 1.82) is 0 Å². The molecule has 5 N–H and O–H groups in total. The van der Waals surface area contributed by atoms with Crippen molar-refractivity contribution in [3.8, 4) is 22.4 Å². The van der Waals surface area contributed by atoms with Crippen LogP contribution in [0.2, 0.25) is 0 Å². The summed E-state index contributed by atoms with van der Waals surface area (Å²) in [6, 6.07) is 30.4. The van der Waals surface area contributed by atoms with E-state index in [0.717, 1.165) is 27.9 Å². The predicted molar refractivity (Wildman–Crippen MR) is 223 cm³/mol. The number of carbonyl (C=O) groups excluding carboxylic acids is 4. The number of ether oxygens (including phenoxy) is 3. The number of nitrogens with two attached hydrogens (primary N) is 1. The number of amides is 5. The Labute approximate surface area is 347 Å². The summed E-state index contributed by atoms with van der Waals surface area (Å²) in [6.07, 6.45) is 1.76. The minimum atomic E-state index is -0.993. The second-order valence-corrected chi connectivity index (χ2v) is 14.9. The molecule has 0 bridgehead atoms. The topological polar surface area (TPSA) is 184 Å². The van der Waals surface area contributed by atoms with Crippen molar-refractivity contribution in [2.45, 2.75) is 24.2 Å². The van der Waals surface area contributed by atoms with Crippen molar-refractivity contribution in [2.75, 3.05) is 71.1 Å². The molecule has 15 heteroatoms. The molecule has 60 heavy (non-hydrogen) atoms. The fourth-order valence-electron chi connectivity index (χ4n) is 7.71. The number of aromatic nitrogens is 2. The second-order valence-electron chi connectivity index (χ2n) is 14.9. The fraction of sp³-hybridized carbons (Fsp3) is 0.311. The van der Waals surface area contributed by atoms with E-state index in [1.807, 2.05) is 97.1 Å². The Kier molecular flexibility index (Phi) is 12.6. The van der Waals surface area contributed by atoms with Crippen LogP contribution in [0.15, 0.2) is 115 Å². The third-order valence-electron chi connectivity index (χ3n) is 11.1. The number of morpholine rings is 3. The van der Waals surface area contributed by atoms with Gasteiger partial charge in [-0.25, -0.2) is 9.78 Å². The van der Waals surface area contributed by atoms with E-state index in [2.05, 4.69) is 20.6 Å². The van der Waals surface area contributed by atoms with E-state index >= 15 is 0 Å². The average molecular weight is 813 g/mol. The number of nitrogens with zero attached hydrogens (tertiary/aromatic N) is 4. The van der Waals surface area contributed by atoms with Crippen LogP contribution in [0.3, 0.4) is 0 Å². The molecular formula is C45H48N8O7. The zero-order valence-corrected chi connectivity index (χ0v) is 33.1. The third-order valence-corrected chi connectivity index (χ3v) is 11.1. The standard InChI is InChI=1S/C45H48N8O7/c46-39(33-7-3-1-4-8-33)43(55)52-21-25-59-28-37(52)41-47-27-36(49-41)32-13-11-30(12-14-32)31-15-17-35(18-16-31)48-42(54)38-29-60-26-22-53(38)44(56)40(34-9-5-2-6-10-34)50-45(57)51-19-23-58-24-20-51/h1-18,27,37-40H,19-26,28-29,46H2,(H,47,49)(H,48,54)(H,50,57)/t37-,38-,39+,40+/m0/s1. The van der Waals surface area contributed by atoms with Crippen LogP contribution in [0.5, 0.6) is 0 Å². The molecule has 310 valence electrons. The van der Waals surface area contributed by atoms with Gasteiger partial charge in [-0.1, -0.05) is 97.1 Å². The van der Waals surface area contributed by atoms with Crippen molar-refractivity contribution >= 4 is 29.4 Å². The predicted octanol–water partition coefficient (Wildman–Crippen LogP) is 4.29. The smallest absolute Gasteiger partial charge is 0.318 e. The maximum Gasteiger partial charge on any atom is 0.318 e. The molecule has 4 heterocycles. The van der Waals surface area contributed by atoms with E-state index < -0.39 is 30.1 Å². The van der Waals surface area contributed by atoms with Crippen LogP contribution >= 0.6 is 0 Å². The second kappa shape index (κ2) is 18.7. The Morgan fingerprint density at radius 3 is 1.93 bits per heavy atom. The molecule has 3 saturated heterocycles. The Balaban J connectivity index is 0.907. The summed E-state index contributed by atoms with van der Waals surface area (Å²) < 4.78 is 16.8. The third kappa shape index (κ3) is 9.09. The number of rotatable bonds is 10. The maximum atomic E-state index is 14.2. The summed E-state index contributed by atoms with van der Waals surface area (Å²) in [4.78, 5) is 67.6. The van der Waals surface area contributed by atoms with Gasteiger partial charge in [-0.05, 0) is 39.9 Å². The minimum Gasteiger partial charge on any atom is -0.378 e. The first-order chi connectivity index (χ1) is 29.3. The Hall–Kier alpha value is -6.39. The molecule has 15 nitrogen and oxygen atoms in total. The molecule has 0 radical (unpaired) electrons. The number of hydrogen-bond acceptors (Lipinski definition) is 9. The van der Waals surface area contributed by atoms with Crippen LogP contribution in [0.4, 0.5) is 10.5 Å². The van der Waals surface area contributed by atoms with Gasteiger partial charge in [-0.2, -0.15) is 0 Å². The lowest BCUT2D eigenvalue weighted by molar-refractivity contribution is -0.148. The van der Waals surface area contributed by atoms with Gasteiger partial charge in [-0.15, -0.1) is 0 Å². The quantitative estimate of drug-likeness (QED) is 0.160. The number of anilines is 1. The molecule has 3 fully saturated rings. The van der Waals surface area contributed by atoms with E-state index in [1.54, 1.807) is 28.1 Å². The number of nitrogens with one attached hydrogen (secondary N) is 3. The maximum absolute atomic E-state index is 14.2. The van der Waals surface area contributed by atoms with Gasteiger partial charge in [-0.3, -0.25) is 14.4 Å². The SMILES string of the molecule is N[C@@H](C(=O)N1CCOC[C@H]1c1ncc(-c2ccc(-c3ccc(NC(=O)[C@@H]4COCCN4C(=O)[C@H](NC(=O)N4CCOCC4)c4ccccc4)cc3)cc2)[nH]1)c1ccccc1. The Bertz CT molecular complexity index is 2250. The molecule has 1 aromatic heterocycles. The summed E-state index contributed by atoms with van der Waals surface area (Å²) in [6.45, 7) is 3.34. The summed E-state index contributed by atoms with van der Waals surface area (Å²) >= 11 is 0. The number of imidazole rings is 1. The first kappa shape index (κ1) is 40.4. The van der Waals surface area contributed by atoms with Crippen molar-refractivity contribution in [1.82, 2.24) is 30.0 Å². The summed E-state index contributed by atoms with van der Waals surface area (Å²) in [5.41, 5.74) is 11.9. The van der Waals surface area contributed by atoms with Crippen LogP contribution in [0, 0.1) is 0 Å². The molecule has 5 amide bonds. The van der Waals surface area contributed by atoms with Gasteiger partial charge in [0.2, 0.25) is 11.8 Å². The van der Waals surface area contributed by atoms with Crippen LogP contribution in [0.1, 0.15) is 35.1 Å². The largest absolute Gasteiger partial charge is 0.378 e. The number of hydrogen-bond donors (Lipinski definition) is 4. The number of benzene rings is 4. The first-order valence-electron chi connectivity index (χ1n) is 20.2. The average Bonchev–Trinajstić information content (AvgIpc) is 3.82. The fourth-order valence-corrected chi connectivity index (χ4v) is 7.71. The molecular weight excluding hydrogens is 765 g/mol. The summed E-state index contributed by atoms with van der Waals surface area (Å²) in [7, 11) is 0. The monoisotopic (exact) mass is 812 g/mol. The lowest BCUT2D eigenvalue weighted by atomic mass is 10.0. The lowest BCUT2D eigenvalue weighted by Crippen LogP contribution is -2.58. The first-order valence-corrected chi connectivity index (χ1v) is 20.2. The molecule has 0 aliphatic carbocycles. The molecule has 0 saturated carbocycles. The molecule has 3 aliphatic heterocycles. The highest BCUT2D eigenvalue weighted by atomic mass is 16.5. The van der Waals surface area contributed by atoms with Gasteiger partial charge in [0, 0.05) is 31.9 Å². The molecule has 8 rings (SSSR count). The summed E-state index contributed by atoms with van der Waals surface area (Å²) in [5, 5.41) is 5.87. The molecule has 0 spiro atoms. The van der Waals surface area contributed by atoms with Crippen molar-refractivity contribution in [2.24, 2.45) is 5.73 Å². The Morgan fingerprint density at radius 2 is 1.25 bits per heavy atom. The minimum absolute atomic E-state index is 0.0198. The molecule has 5 aromatic rings. The molecule has 4 aromatic carbocycles.